The number of carbonyl (C=O) groups is 1. The number of sulfonamides is 1. The molecule has 1 heterocycles. The van der Waals surface area contributed by atoms with Crippen LogP contribution >= 0.6 is 0 Å². The van der Waals surface area contributed by atoms with Crippen molar-refractivity contribution in [2.45, 2.75) is 17.4 Å². The van der Waals surface area contributed by atoms with Crippen LogP contribution in [0.4, 0.5) is 4.39 Å². The van der Waals surface area contributed by atoms with Crippen molar-refractivity contribution in [2.24, 2.45) is 0 Å². The van der Waals surface area contributed by atoms with E-state index >= 15 is 0 Å². The van der Waals surface area contributed by atoms with Crippen molar-refractivity contribution in [3.8, 4) is 0 Å². The molecule has 2 N–H and O–H groups in total. The maximum absolute atomic E-state index is 14.0. The number of ether oxygens (including phenoxy) is 1. The number of halogens is 1. The lowest BCUT2D eigenvalue weighted by atomic mass is 9.95. The van der Waals surface area contributed by atoms with Crippen molar-refractivity contribution in [1.82, 2.24) is 10.0 Å². The van der Waals surface area contributed by atoms with Gasteiger partial charge in [0.25, 0.3) is 0 Å². The smallest absolute Gasteiger partial charge is 0.340 e. The highest BCUT2D eigenvalue weighted by Crippen LogP contribution is 2.23. The maximum Gasteiger partial charge on any atom is 0.340 e. The third-order valence-corrected chi connectivity index (χ3v) is 5.77. The Morgan fingerprint density at radius 1 is 1.31 bits per heavy atom. The average molecular weight is 378 g/mol. The van der Waals surface area contributed by atoms with E-state index in [4.69, 9.17) is 0 Å². The van der Waals surface area contributed by atoms with Gasteiger partial charge < -0.3 is 10.1 Å². The fourth-order valence-electron chi connectivity index (χ4n) is 2.99. The Kier molecular flexibility index (Phi) is 5.36. The van der Waals surface area contributed by atoms with Gasteiger partial charge in [-0.15, -0.1) is 0 Å². The zero-order chi connectivity index (χ0) is 18.7. The van der Waals surface area contributed by atoms with Gasteiger partial charge in [0.1, 0.15) is 5.82 Å². The second-order valence-electron chi connectivity index (χ2n) is 5.94. The topological polar surface area (TPSA) is 84.5 Å². The zero-order valence-electron chi connectivity index (χ0n) is 14.2. The summed E-state index contributed by atoms with van der Waals surface area (Å²) in [5, 5.41) is 3.28. The first-order valence-corrected chi connectivity index (χ1v) is 9.59. The second-order valence-corrected chi connectivity index (χ2v) is 7.71. The molecule has 0 amide bonds. The number of hydrogen-bond acceptors (Lipinski definition) is 5. The Morgan fingerprint density at radius 3 is 2.81 bits per heavy atom. The lowest BCUT2D eigenvalue weighted by molar-refractivity contribution is 0.0595. The van der Waals surface area contributed by atoms with Crippen LogP contribution in [0.25, 0.3) is 0 Å². The molecule has 3 rings (SSSR count). The molecular weight excluding hydrogens is 359 g/mol. The number of benzene rings is 2. The maximum atomic E-state index is 14.0. The van der Waals surface area contributed by atoms with E-state index in [1.54, 1.807) is 0 Å². The molecule has 0 spiro atoms. The fraction of sp³-hybridized carbons (Fsp3) is 0.278. The van der Waals surface area contributed by atoms with Crippen LogP contribution in [0.3, 0.4) is 0 Å². The molecule has 138 valence electrons. The van der Waals surface area contributed by atoms with Gasteiger partial charge in [0.2, 0.25) is 10.0 Å². The molecule has 8 heteroatoms. The summed E-state index contributed by atoms with van der Waals surface area (Å²) in [6.45, 7) is 0.894. The van der Waals surface area contributed by atoms with Gasteiger partial charge in [0.15, 0.2) is 0 Å². The van der Waals surface area contributed by atoms with Gasteiger partial charge in [-0.3, -0.25) is 0 Å². The molecule has 6 nitrogen and oxygen atoms in total. The Labute approximate surface area is 151 Å². The zero-order valence-corrected chi connectivity index (χ0v) is 15.0. The number of rotatable bonds is 5. The minimum Gasteiger partial charge on any atom is -0.465 e. The SMILES string of the molecule is COC(=O)c1ccc(S(=O)(=O)NCC2NCCc3ccccc32)cc1F. The van der Waals surface area contributed by atoms with Crippen LogP contribution in [-0.4, -0.2) is 34.6 Å². The van der Waals surface area contributed by atoms with Crippen LogP contribution in [0, 0.1) is 5.82 Å². The highest BCUT2D eigenvalue weighted by atomic mass is 32.2. The van der Waals surface area contributed by atoms with Crippen LogP contribution in [0.5, 0.6) is 0 Å². The molecule has 0 aliphatic carbocycles. The van der Waals surface area contributed by atoms with Crippen LogP contribution < -0.4 is 10.0 Å². The van der Waals surface area contributed by atoms with E-state index in [9.17, 15) is 17.6 Å². The van der Waals surface area contributed by atoms with Crippen molar-refractivity contribution in [3.63, 3.8) is 0 Å². The minimum absolute atomic E-state index is 0.139. The molecule has 0 saturated carbocycles. The molecule has 0 fully saturated rings. The molecule has 0 saturated heterocycles. The molecule has 1 unspecified atom stereocenters. The summed E-state index contributed by atoms with van der Waals surface area (Å²) in [6, 6.07) is 10.8. The molecule has 1 aliphatic heterocycles. The average Bonchev–Trinajstić information content (AvgIpc) is 2.65. The first-order valence-electron chi connectivity index (χ1n) is 8.11. The summed E-state index contributed by atoms with van der Waals surface area (Å²) in [7, 11) is -2.79. The van der Waals surface area contributed by atoms with Crippen LogP contribution in [0.2, 0.25) is 0 Å². The molecule has 0 radical (unpaired) electrons. The Hall–Kier alpha value is -2.29. The van der Waals surface area contributed by atoms with Gasteiger partial charge >= 0.3 is 5.97 Å². The molecule has 1 atom stereocenters. The number of esters is 1. The van der Waals surface area contributed by atoms with Crippen LogP contribution in [0.15, 0.2) is 47.4 Å². The number of nitrogens with one attached hydrogen (secondary N) is 2. The largest absolute Gasteiger partial charge is 0.465 e. The minimum atomic E-state index is -3.92. The monoisotopic (exact) mass is 378 g/mol. The predicted octanol–water partition coefficient (Wildman–Crippen LogP) is 1.78. The summed E-state index contributed by atoms with van der Waals surface area (Å²) < 4.78 is 45.9. The van der Waals surface area contributed by atoms with E-state index in [0.717, 1.165) is 37.8 Å². The van der Waals surface area contributed by atoms with E-state index in [2.05, 4.69) is 14.8 Å². The third-order valence-electron chi connectivity index (χ3n) is 4.35. The van der Waals surface area contributed by atoms with Crippen molar-refractivity contribution in [1.29, 1.82) is 0 Å². The molecule has 2 aromatic carbocycles. The van der Waals surface area contributed by atoms with E-state index < -0.39 is 21.8 Å². The van der Waals surface area contributed by atoms with Crippen molar-refractivity contribution in [3.05, 3.63) is 65.0 Å². The van der Waals surface area contributed by atoms with Gasteiger partial charge in [-0.1, -0.05) is 24.3 Å². The van der Waals surface area contributed by atoms with Gasteiger partial charge in [-0.2, -0.15) is 0 Å². The quantitative estimate of drug-likeness (QED) is 0.775. The molecular formula is C18H19FN2O4S. The first-order chi connectivity index (χ1) is 12.4. The van der Waals surface area contributed by atoms with E-state index in [1.807, 2.05) is 24.3 Å². The first kappa shape index (κ1) is 18.5. The van der Waals surface area contributed by atoms with Crippen molar-refractivity contribution >= 4 is 16.0 Å². The number of methoxy groups -OCH3 is 1. The number of carbonyl (C=O) groups excluding carboxylic acids is 1. The fourth-order valence-corrected chi connectivity index (χ4v) is 4.05. The Balaban J connectivity index is 1.76. The van der Waals surface area contributed by atoms with Crippen LogP contribution in [0.1, 0.15) is 27.5 Å². The molecule has 2 aromatic rings. The summed E-state index contributed by atoms with van der Waals surface area (Å²) in [6.07, 6.45) is 0.889. The lowest BCUT2D eigenvalue weighted by Gasteiger charge is -2.27. The standard InChI is InChI=1S/C18H19FN2O4S/c1-25-18(22)15-7-6-13(10-16(15)19)26(23,24)21-11-17-14-5-3-2-4-12(14)8-9-20-17/h2-7,10,17,20-21H,8-9,11H2,1H3. The van der Waals surface area contributed by atoms with Gasteiger partial charge in [-0.25, -0.2) is 22.3 Å². The van der Waals surface area contributed by atoms with Crippen molar-refractivity contribution < 1.29 is 22.3 Å². The molecule has 0 aromatic heterocycles. The molecule has 1 aliphatic rings. The number of fused-ring (bicyclic) bond motifs is 1. The van der Waals surface area contributed by atoms with E-state index in [-0.39, 0.29) is 23.0 Å². The van der Waals surface area contributed by atoms with Gasteiger partial charge in [0.05, 0.1) is 17.6 Å². The summed E-state index contributed by atoms with van der Waals surface area (Å²) >= 11 is 0. The predicted molar refractivity (Wildman–Crippen MR) is 93.8 cm³/mol. The second kappa shape index (κ2) is 7.53. The van der Waals surface area contributed by atoms with E-state index in [1.165, 1.54) is 11.6 Å². The van der Waals surface area contributed by atoms with E-state index in [0.29, 0.717) is 0 Å². The van der Waals surface area contributed by atoms with Gasteiger partial charge in [-0.05, 0) is 42.3 Å². The van der Waals surface area contributed by atoms with Crippen molar-refractivity contribution in [2.75, 3.05) is 20.2 Å². The van der Waals surface area contributed by atoms with Gasteiger partial charge in [0, 0.05) is 12.6 Å². The highest BCUT2D eigenvalue weighted by molar-refractivity contribution is 7.89. The summed E-state index contributed by atoms with van der Waals surface area (Å²) in [5.41, 5.74) is 1.92. The summed E-state index contributed by atoms with van der Waals surface area (Å²) in [4.78, 5) is 11.2. The summed E-state index contributed by atoms with van der Waals surface area (Å²) in [5.74, 6) is -1.80. The molecule has 26 heavy (non-hydrogen) atoms. The Bertz CT molecular complexity index is 931. The normalized spacial score (nSPS) is 16.8. The lowest BCUT2D eigenvalue weighted by Crippen LogP contribution is -2.38. The number of hydrogen-bond donors (Lipinski definition) is 2. The Morgan fingerprint density at radius 2 is 2.08 bits per heavy atom. The molecule has 0 bridgehead atoms. The highest BCUT2D eigenvalue weighted by Gasteiger charge is 2.23. The third kappa shape index (κ3) is 3.77. The van der Waals surface area contributed by atoms with Crippen LogP contribution in [-0.2, 0) is 21.2 Å².